The summed E-state index contributed by atoms with van der Waals surface area (Å²) in [5.41, 5.74) is 3.12. The summed E-state index contributed by atoms with van der Waals surface area (Å²) in [5.74, 6) is 0.0494. The van der Waals surface area contributed by atoms with Crippen LogP contribution in [-0.4, -0.2) is 22.0 Å². The zero-order chi connectivity index (χ0) is 22.4. The topological polar surface area (TPSA) is 70.2 Å². The summed E-state index contributed by atoms with van der Waals surface area (Å²) in [4.78, 5) is 45.2. The number of imide groups is 1. The van der Waals surface area contributed by atoms with Crippen molar-refractivity contribution in [1.82, 2.24) is 4.98 Å². The molecule has 166 valence electrons. The number of aromatic amines is 1. The summed E-state index contributed by atoms with van der Waals surface area (Å²) < 4.78 is 0. The second-order valence-electron chi connectivity index (χ2n) is 9.66. The number of para-hydroxylation sites is 1. The molecule has 1 aromatic heterocycles. The number of hydrogen-bond donors (Lipinski definition) is 1. The Bertz CT molecular complexity index is 1360. The van der Waals surface area contributed by atoms with Crippen molar-refractivity contribution >= 4 is 40.6 Å². The maximum absolute atomic E-state index is 13.7. The highest BCUT2D eigenvalue weighted by atomic mass is 32.2. The molecule has 7 heteroatoms. The number of nitrogens with zero attached hydrogens (tertiary/aromatic N) is 1. The van der Waals surface area contributed by atoms with Crippen LogP contribution in [0, 0.1) is 36.5 Å². The Labute approximate surface area is 199 Å². The molecule has 2 aromatic carbocycles. The van der Waals surface area contributed by atoms with E-state index in [1.807, 2.05) is 36.4 Å². The van der Waals surface area contributed by atoms with E-state index < -0.39 is 0 Å². The number of carbonyl (C=O) groups is 2. The van der Waals surface area contributed by atoms with Gasteiger partial charge in [0.25, 0.3) is 0 Å². The number of fused-ring (bicyclic) bond motifs is 9. The number of benzene rings is 2. The van der Waals surface area contributed by atoms with Crippen LogP contribution in [0.4, 0.5) is 5.69 Å². The molecule has 5 nitrogen and oxygen atoms in total. The zero-order valence-electron chi connectivity index (χ0n) is 17.9. The van der Waals surface area contributed by atoms with Crippen molar-refractivity contribution in [1.29, 1.82) is 0 Å². The van der Waals surface area contributed by atoms with E-state index in [2.05, 4.69) is 30.1 Å². The second kappa shape index (κ2) is 6.93. The Kier molecular flexibility index (Phi) is 4.16. The van der Waals surface area contributed by atoms with Gasteiger partial charge in [0.1, 0.15) is 0 Å². The monoisotopic (exact) mass is 474 g/mol. The molecule has 1 N–H and O–H groups in total. The van der Waals surface area contributed by atoms with Crippen LogP contribution in [0.5, 0.6) is 0 Å². The lowest BCUT2D eigenvalue weighted by molar-refractivity contribution is -0.123. The third-order valence-corrected chi connectivity index (χ3v) is 10.9. The van der Waals surface area contributed by atoms with Gasteiger partial charge in [-0.3, -0.25) is 19.3 Å². The van der Waals surface area contributed by atoms with Crippen LogP contribution in [-0.2, 0) is 9.59 Å². The van der Waals surface area contributed by atoms with Crippen molar-refractivity contribution < 1.29 is 9.59 Å². The van der Waals surface area contributed by atoms with Crippen LogP contribution >= 0.6 is 23.1 Å². The van der Waals surface area contributed by atoms with Gasteiger partial charge in [-0.2, -0.15) is 0 Å². The maximum atomic E-state index is 13.7. The highest BCUT2D eigenvalue weighted by Gasteiger charge is 2.69. The highest BCUT2D eigenvalue weighted by Crippen LogP contribution is 2.68. The Hall–Kier alpha value is -2.64. The van der Waals surface area contributed by atoms with Crippen LogP contribution < -0.4 is 9.77 Å². The Morgan fingerprint density at radius 3 is 2.36 bits per heavy atom. The number of H-pyrrole nitrogens is 1. The minimum Gasteiger partial charge on any atom is -0.307 e. The van der Waals surface area contributed by atoms with Crippen molar-refractivity contribution in [2.45, 2.75) is 29.5 Å². The molecule has 1 saturated heterocycles. The summed E-state index contributed by atoms with van der Waals surface area (Å²) in [6.07, 6.45) is 0.916. The zero-order valence-corrected chi connectivity index (χ0v) is 19.6. The van der Waals surface area contributed by atoms with Crippen LogP contribution in [0.2, 0.25) is 0 Å². The van der Waals surface area contributed by atoms with Gasteiger partial charge in [0, 0.05) is 16.0 Å². The first kappa shape index (κ1) is 19.8. The van der Waals surface area contributed by atoms with Crippen molar-refractivity contribution in [3.8, 4) is 0 Å². The molecule has 3 heterocycles. The number of carbonyl (C=O) groups excluding carboxylic acids is 2. The fourth-order valence-electron chi connectivity index (χ4n) is 7.13. The van der Waals surface area contributed by atoms with Crippen molar-refractivity contribution in [2.24, 2.45) is 29.6 Å². The number of thioether (sulfide) groups is 1. The molecule has 7 rings (SSSR count). The van der Waals surface area contributed by atoms with Gasteiger partial charge in [0.2, 0.25) is 11.8 Å². The van der Waals surface area contributed by atoms with Gasteiger partial charge in [-0.15, -0.1) is 11.8 Å². The van der Waals surface area contributed by atoms with E-state index in [1.165, 1.54) is 27.4 Å². The van der Waals surface area contributed by atoms with Gasteiger partial charge in [-0.25, -0.2) is 0 Å². The molecule has 2 aliphatic heterocycles. The van der Waals surface area contributed by atoms with E-state index in [9.17, 15) is 14.4 Å². The average molecular weight is 475 g/mol. The predicted molar refractivity (Wildman–Crippen MR) is 129 cm³/mol. The van der Waals surface area contributed by atoms with Gasteiger partial charge in [-0.1, -0.05) is 53.8 Å². The van der Waals surface area contributed by atoms with E-state index in [0.717, 1.165) is 16.3 Å². The van der Waals surface area contributed by atoms with Gasteiger partial charge in [-0.05, 0) is 54.4 Å². The minimum absolute atomic E-state index is 0.0268. The van der Waals surface area contributed by atoms with Gasteiger partial charge >= 0.3 is 4.87 Å². The molecule has 3 fully saturated rings. The molecule has 2 amide bonds. The second-order valence-corrected chi connectivity index (χ2v) is 11.9. The molecule has 4 aliphatic rings. The fourth-order valence-corrected chi connectivity index (χ4v) is 10.0. The maximum Gasteiger partial charge on any atom is 0.305 e. The number of hydrogen-bond acceptors (Lipinski definition) is 5. The van der Waals surface area contributed by atoms with E-state index in [4.69, 9.17) is 0 Å². The number of nitrogens with one attached hydrogen (secondary N) is 1. The van der Waals surface area contributed by atoms with E-state index >= 15 is 0 Å². The summed E-state index contributed by atoms with van der Waals surface area (Å²) >= 11 is 3.05. The van der Waals surface area contributed by atoms with Gasteiger partial charge in [0.05, 0.1) is 22.5 Å². The molecular formula is C26H22N2O3S2. The summed E-state index contributed by atoms with van der Waals surface area (Å²) in [6.45, 7) is 2.12. The quantitative estimate of drug-likeness (QED) is 0.558. The Balaban J connectivity index is 1.36. The molecule has 2 aliphatic carbocycles. The smallest absolute Gasteiger partial charge is 0.305 e. The largest absolute Gasteiger partial charge is 0.307 e. The summed E-state index contributed by atoms with van der Waals surface area (Å²) in [5, 5.41) is 1.19. The standard InChI is InChI=1S/C26H22N2O3S2/c1-12-7-5-6-10-14(12)17-18-15-11-16(21(18)32-23-22(17)33-26(31)27-23)20-19(15)24(29)28(25(20)30)13-8-3-2-4-9-13/h2-10,15-21H,11H2,1H3,(H,27,31)/t15-,16+,17+,18-,19+,20+,21+/m0/s1. The molecule has 0 unspecified atom stereocenters. The third-order valence-electron chi connectivity index (χ3n) is 8.26. The number of anilines is 1. The SMILES string of the molecule is Cc1ccccc1[C@H]1c2sc(=O)[nH]c2S[C@@H]2[C@@H]3C[C@H]([C@H]4C(=O)N(c5ccccc5)C(=O)[C@H]34)[C@@H]12. The molecule has 3 aromatic rings. The van der Waals surface area contributed by atoms with Crippen molar-refractivity contribution in [3.63, 3.8) is 0 Å². The Morgan fingerprint density at radius 1 is 0.909 bits per heavy atom. The number of aryl methyl sites for hydroxylation is 1. The molecule has 0 radical (unpaired) electrons. The van der Waals surface area contributed by atoms with E-state index in [0.29, 0.717) is 5.69 Å². The molecule has 33 heavy (non-hydrogen) atoms. The Morgan fingerprint density at radius 2 is 1.61 bits per heavy atom. The lowest BCUT2D eigenvalue weighted by atomic mass is 9.67. The lowest BCUT2D eigenvalue weighted by Gasteiger charge is -2.43. The summed E-state index contributed by atoms with van der Waals surface area (Å²) in [6, 6.07) is 17.7. The predicted octanol–water partition coefficient (Wildman–Crippen LogP) is 4.42. The van der Waals surface area contributed by atoms with E-state index in [-0.39, 0.29) is 57.4 Å². The normalized spacial score (nSPS) is 33.8. The number of amides is 2. The number of thiazole rings is 1. The first-order valence-corrected chi connectivity index (χ1v) is 13.1. The van der Waals surface area contributed by atoms with Crippen LogP contribution in [0.25, 0.3) is 0 Å². The number of aromatic nitrogens is 1. The minimum atomic E-state index is -0.256. The molecular weight excluding hydrogens is 452 g/mol. The van der Waals surface area contributed by atoms with Crippen LogP contribution in [0.1, 0.15) is 28.3 Å². The molecule has 0 spiro atoms. The van der Waals surface area contributed by atoms with Crippen molar-refractivity contribution in [2.75, 3.05) is 4.90 Å². The van der Waals surface area contributed by atoms with Crippen molar-refractivity contribution in [3.05, 3.63) is 80.3 Å². The molecule has 2 saturated carbocycles. The summed E-state index contributed by atoms with van der Waals surface area (Å²) in [7, 11) is 0. The first-order valence-electron chi connectivity index (χ1n) is 11.4. The van der Waals surface area contributed by atoms with Gasteiger partial charge in [0.15, 0.2) is 0 Å². The molecule has 7 atom stereocenters. The first-order chi connectivity index (χ1) is 16.0. The average Bonchev–Trinajstić information content (AvgIpc) is 3.54. The molecule has 2 bridgehead atoms. The van der Waals surface area contributed by atoms with Crippen LogP contribution in [0.3, 0.4) is 0 Å². The fraction of sp³-hybridized carbons (Fsp3) is 0.346. The highest BCUT2D eigenvalue weighted by molar-refractivity contribution is 8.00. The van der Waals surface area contributed by atoms with E-state index in [1.54, 1.807) is 11.8 Å². The van der Waals surface area contributed by atoms with Gasteiger partial charge < -0.3 is 4.98 Å². The number of rotatable bonds is 2. The third kappa shape index (κ3) is 2.58. The van der Waals surface area contributed by atoms with Crippen LogP contribution in [0.15, 0.2) is 64.4 Å². The lowest BCUT2D eigenvalue weighted by Crippen LogP contribution is -2.42.